The standard InChI is InChI=1S/C7H11N5O3/c8-1-2-9-7(13)5-11-4-6(3-10-11)12(14)15/h3-4H,1-2,5,8H2,(H,9,13)/p+1. The minimum atomic E-state index is -0.558. The van der Waals surface area contributed by atoms with Crippen LogP contribution in [-0.2, 0) is 11.3 Å². The van der Waals surface area contributed by atoms with E-state index in [0.29, 0.717) is 13.1 Å². The molecule has 4 N–H and O–H groups in total. The Morgan fingerprint density at radius 1 is 1.73 bits per heavy atom. The summed E-state index contributed by atoms with van der Waals surface area (Å²) in [6.45, 7) is 1.07. The highest BCUT2D eigenvalue weighted by Crippen LogP contribution is 2.06. The molecule has 0 bridgehead atoms. The smallest absolute Gasteiger partial charge is 0.307 e. The van der Waals surface area contributed by atoms with Crippen LogP contribution in [0.25, 0.3) is 0 Å². The van der Waals surface area contributed by atoms with E-state index in [2.05, 4.69) is 16.1 Å². The minimum absolute atomic E-state index is 0.0200. The maximum Gasteiger partial charge on any atom is 0.307 e. The van der Waals surface area contributed by atoms with Gasteiger partial charge in [0.2, 0.25) is 5.91 Å². The molecule has 15 heavy (non-hydrogen) atoms. The van der Waals surface area contributed by atoms with Gasteiger partial charge in [-0.3, -0.25) is 19.6 Å². The predicted molar refractivity (Wildman–Crippen MR) is 49.6 cm³/mol. The highest BCUT2D eigenvalue weighted by Gasteiger charge is 2.10. The van der Waals surface area contributed by atoms with Gasteiger partial charge in [-0.15, -0.1) is 0 Å². The number of nitrogens with zero attached hydrogens (tertiary/aromatic N) is 3. The van der Waals surface area contributed by atoms with Gasteiger partial charge in [-0.25, -0.2) is 0 Å². The van der Waals surface area contributed by atoms with E-state index in [0.717, 1.165) is 6.20 Å². The van der Waals surface area contributed by atoms with Crippen LogP contribution in [0.5, 0.6) is 0 Å². The third-order valence-electron chi connectivity index (χ3n) is 1.63. The number of nitro groups is 1. The van der Waals surface area contributed by atoms with Crippen molar-refractivity contribution >= 4 is 11.6 Å². The zero-order chi connectivity index (χ0) is 11.3. The number of hydrogen-bond acceptors (Lipinski definition) is 4. The first-order valence-electron chi connectivity index (χ1n) is 4.36. The van der Waals surface area contributed by atoms with Gasteiger partial charge in [0.25, 0.3) is 0 Å². The van der Waals surface area contributed by atoms with Gasteiger partial charge in [0.15, 0.2) is 0 Å². The summed E-state index contributed by atoms with van der Waals surface area (Å²) in [5.74, 6) is -0.239. The molecule has 0 fully saturated rings. The summed E-state index contributed by atoms with van der Waals surface area (Å²) in [4.78, 5) is 20.9. The van der Waals surface area contributed by atoms with Crippen LogP contribution in [0.15, 0.2) is 12.4 Å². The summed E-state index contributed by atoms with van der Waals surface area (Å²) in [7, 11) is 0. The Labute approximate surface area is 85.2 Å². The monoisotopic (exact) mass is 214 g/mol. The van der Waals surface area contributed by atoms with E-state index >= 15 is 0 Å². The van der Waals surface area contributed by atoms with E-state index in [1.165, 1.54) is 10.9 Å². The van der Waals surface area contributed by atoms with Crippen LogP contribution in [0.4, 0.5) is 5.69 Å². The van der Waals surface area contributed by atoms with Crippen LogP contribution in [0.1, 0.15) is 0 Å². The zero-order valence-corrected chi connectivity index (χ0v) is 8.05. The number of carbonyl (C=O) groups excluding carboxylic acids is 1. The molecule has 0 saturated carbocycles. The summed E-state index contributed by atoms with van der Waals surface area (Å²) in [6, 6.07) is 0. The number of rotatable bonds is 5. The third-order valence-corrected chi connectivity index (χ3v) is 1.63. The summed E-state index contributed by atoms with van der Waals surface area (Å²) in [6.07, 6.45) is 2.32. The van der Waals surface area contributed by atoms with Gasteiger partial charge in [-0.2, -0.15) is 5.10 Å². The Hall–Kier alpha value is -1.96. The number of hydrogen-bond donors (Lipinski definition) is 2. The average molecular weight is 214 g/mol. The van der Waals surface area contributed by atoms with E-state index < -0.39 is 4.92 Å². The molecule has 0 saturated heterocycles. The molecule has 0 radical (unpaired) electrons. The van der Waals surface area contributed by atoms with Crippen molar-refractivity contribution < 1.29 is 15.5 Å². The average Bonchev–Trinajstić information content (AvgIpc) is 2.63. The van der Waals surface area contributed by atoms with Gasteiger partial charge < -0.3 is 11.1 Å². The van der Waals surface area contributed by atoms with Crippen molar-refractivity contribution in [3.05, 3.63) is 22.5 Å². The Kier molecular flexibility index (Phi) is 3.75. The van der Waals surface area contributed by atoms with Gasteiger partial charge >= 0.3 is 5.69 Å². The summed E-state index contributed by atoms with van der Waals surface area (Å²) in [5, 5.41) is 16.6. The van der Waals surface area contributed by atoms with Crippen molar-refractivity contribution in [1.29, 1.82) is 0 Å². The van der Waals surface area contributed by atoms with Crippen LogP contribution in [0.3, 0.4) is 0 Å². The van der Waals surface area contributed by atoms with Crippen molar-refractivity contribution in [2.75, 3.05) is 13.1 Å². The third kappa shape index (κ3) is 3.35. The summed E-state index contributed by atoms with van der Waals surface area (Å²) >= 11 is 0. The van der Waals surface area contributed by atoms with E-state index in [1.807, 2.05) is 0 Å². The highest BCUT2D eigenvalue weighted by molar-refractivity contribution is 5.75. The molecule has 0 unspecified atom stereocenters. The molecular formula is C7H12N5O3+. The number of nitrogens with one attached hydrogen (secondary N) is 1. The highest BCUT2D eigenvalue weighted by atomic mass is 16.6. The van der Waals surface area contributed by atoms with Gasteiger partial charge in [0.05, 0.1) is 18.0 Å². The molecule has 0 aliphatic carbocycles. The van der Waals surface area contributed by atoms with Gasteiger partial charge in [-0.1, -0.05) is 0 Å². The van der Waals surface area contributed by atoms with Crippen LogP contribution in [-0.4, -0.2) is 33.7 Å². The number of aromatic nitrogens is 2. The van der Waals surface area contributed by atoms with Crippen LogP contribution >= 0.6 is 0 Å². The lowest BCUT2D eigenvalue weighted by Crippen LogP contribution is -2.55. The molecule has 0 atom stereocenters. The molecule has 82 valence electrons. The van der Waals surface area contributed by atoms with Gasteiger partial charge in [-0.05, 0) is 0 Å². The molecule has 0 spiro atoms. The Morgan fingerprint density at radius 3 is 3.00 bits per heavy atom. The fraction of sp³-hybridized carbons (Fsp3) is 0.429. The quantitative estimate of drug-likeness (QED) is 0.441. The van der Waals surface area contributed by atoms with Crippen molar-refractivity contribution in [3.63, 3.8) is 0 Å². The lowest BCUT2D eigenvalue weighted by atomic mass is 10.5. The first-order chi connectivity index (χ1) is 7.13. The van der Waals surface area contributed by atoms with Crippen molar-refractivity contribution in [1.82, 2.24) is 15.1 Å². The molecule has 1 heterocycles. The fourth-order valence-corrected chi connectivity index (χ4v) is 0.964. The SMILES string of the molecule is [NH3+]CCNC(=O)Cn1cc([N+](=O)[O-])cn1. The molecule has 1 aromatic heterocycles. The second-order valence-electron chi connectivity index (χ2n) is 2.86. The maximum absolute atomic E-state index is 11.2. The first-order valence-corrected chi connectivity index (χ1v) is 4.36. The maximum atomic E-state index is 11.2. The van der Waals surface area contributed by atoms with Crippen molar-refractivity contribution in [3.8, 4) is 0 Å². The number of carbonyl (C=O) groups is 1. The summed E-state index contributed by atoms with van der Waals surface area (Å²) < 4.78 is 1.22. The zero-order valence-electron chi connectivity index (χ0n) is 8.05. The lowest BCUT2D eigenvalue weighted by Gasteiger charge is -2.01. The molecule has 1 rings (SSSR count). The van der Waals surface area contributed by atoms with E-state index in [-0.39, 0.29) is 18.1 Å². The fourth-order valence-electron chi connectivity index (χ4n) is 0.964. The van der Waals surface area contributed by atoms with Crippen LogP contribution in [0.2, 0.25) is 0 Å². The lowest BCUT2D eigenvalue weighted by molar-refractivity contribution is -0.385. The number of quaternary nitrogens is 1. The second-order valence-corrected chi connectivity index (χ2v) is 2.86. The number of amides is 1. The molecule has 0 aliphatic rings. The predicted octanol–water partition coefficient (Wildman–Crippen LogP) is -1.85. The van der Waals surface area contributed by atoms with Crippen molar-refractivity contribution in [2.24, 2.45) is 0 Å². The molecular weight excluding hydrogens is 202 g/mol. The second kappa shape index (κ2) is 5.05. The largest absolute Gasteiger partial charge is 0.356 e. The van der Waals surface area contributed by atoms with Crippen molar-refractivity contribution in [2.45, 2.75) is 6.54 Å². The Bertz CT molecular complexity index is 361. The normalized spacial score (nSPS) is 9.93. The molecule has 8 nitrogen and oxygen atoms in total. The molecule has 8 heteroatoms. The Morgan fingerprint density at radius 2 is 2.47 bits per heavy atom. The van der Waals surface area contributed by atoms with Gasteiger partial charge in [0.1, 0.15) is 18.9 Å². The molecule has 0 aromatic carbocycles. The van der Waals surface area contributed by atoms with E-state index in [1.54, 1.807) is 0 Å². The van der Waals surface area contributed by atoms with Crippen LogP contribution in [0, 0.1) is 10.1 Å². The van der Waals surface area contributed by atoms with Gasteiger partial charge in [0, 0.05) is 0 Å². The molecule has 0 aliphatic heterocycles. The Balaban J connectivity index is 2.50. The molecule has 1 amide bonds. The minimum Gasteiger partial charge on any atom is -0.356 e. The van der Waals surface area contributed by atoms with E-state index in [9.17, 15) is 14.9 Å². The van der Waals surface area contributed by atoms with E-state index in [4.69, 9.17) is 0 Å². The van der Waals surface area contributed by atoms with Crippen LogP contribution < -0.4 is 11.1 Å². The first kappa shape index (κ1) is 11.1. The topological polar surface area (TPSA) is 118 Å². The summed E-state index contributed by atoms with van der Waals surface area (Å²) in [5.41, 5.74) is 3.44. The molecule has 1 aromatic rings.